The van der Waals surface area contributed by atoms with Crippen LogP contribution in [0.5, 0.6) is 0 Å². The third-order valence-corrected chi connectivity index (χ3v) is 5.83. The van der Waals surface area contributed by atoms with Crippen molar-refractivity contribution in [1.82, 2.24) is 5.32 Å². The molecule has 1 atom stereocenters. The summed E-state index contributed by atoms with van der Waals surface area (Å²) in [5.41, 5.74) is 0. The molecule has 0 saturated heterocycles. The minimum absolute atomic E-state index is 0.695. The van der Waals surface area contributed by atoms with Gasteiger partial charge in [-0.3, -0.25) is 0 Å². The maximum atomic E-state index is 5.47. The number of hydrogen-bond acceptors (Lipinski definition) is 1. The highest BCUT2D eigenvalue weighted by atomic mass is 14.9. The Morgan fingerprint density at radius 2 is 1.72 bits per heavy atom. The van der Waals surface area contributed by atoms with E-state index >= 15 is 0 Å². The Labute approximate surface area is 112 Å². The average molecular weight is 245 g/mol. The van der Waals surface area contributed by atoms with E-state index in [4.69, 9.17) is 6.42 Å². The molecule has 4 bridgehead atoms. The van der Waals surface area contributed by atoms with Crippen LogP contribution in [0.1, 0.15) is 51.9 Å². The molecule has 4 aliphatic carbocycles. The molecule has 1 heteroatoms. The number of rotatable bonds is 5. The molecule has 0 radical (unpaired) electrons. The third kappa shape index (κ3) is 2.21. The quantitative estimate of drug-likeness (QED) is 0.732. The molecule has 0 heterocycles. The average Bonchev–Trinajstić information content (AvgIpc) is 2.34. The maximum Gasteiger partial charge on any atom is 0.0110 e. The van der Waals surface area contributed by atoms with Gasteiger partial charge in [0.15, 0.2) is 0 Å². The molecule has 4 aliphatic rings. The summed E-state index contributed by atoms with van der Waals surface area (Å²) in [5, 5.41) is 3.75. The summed E-state index contributed by atoms with van der Waals surface area (Å²) in [4.78, 5) is 0. The van der Waals surface area contributed by atoms with Crippen LogP contribution in [0, 0.1) is 41.9 Å². The van der Waals surface area contributed by atoms with Crippen LogP contribution in [0.2, 0.25) is 0 Å². The minimum Gasteiger partial charge on any atom is -0.314 e. The van der Waals surface area contributed by atoms with E-state index in [1.165, 1.54) is 32.1 Å². The van der Waals surface area contributed by atoms with Crippen LogP contribution in [0.4, 0.5) is 0 Å². The molecule has 4 rings (SSSR count). The van der Waals surface area contributed by atoms with Gasteiger partial charge in [-0.25, -0.2) is 0 Å². The first kappa shape index (κ1) is 12.5. The van der Waals surface area contributed by atoms with E-state index < -0.39 is 0 Å². The van der Waals surface area contributed by atoms with Crippen LogP contribution in [0.25, 0.3) is 0 Å². The summed E-state index contributed by atoms with van der Waals surface area (Å²) in [7, 11) is 0. The molecule has 1 unspecified atom stereocenters. The van der Waals surface area contributed by atoms with Gasteiger partial charge in [0, 0.05) is 12.5 Å². The van der Waals surface area contributed by atoms with Crippen LogP contribution < -0.4 is 5.32 Å². The molecular formula is C17H27N. The van der Waals surface area contributed by atoms with E-state index in [1.54, 1.807) is 6.42 Å². The second kappa shape index (κ2) is 5.25. The lowest BCUT2D eigenvalue weighted by Gasteiger charge is -2.56. The first-order valence-electron chi connectivity index (χ1n) is 7.98. The lowest BCUT2D eigenvalue weighted by Crippen LogP contribution is -2.53. The zero-order chi connectivity index (χ0) is 12.5. The van der Waals surface area contributed by atoms with Gasteiger partial charge in [0.2, 0.25) is 0 Å². The van der Waals surface area contributed by atoms with Crippen molar-refractivity contribution in [2.45, 2.75) is 57.9 Å². The summed E-state index contributed by atoms with van der Waals surface area (Å²) in [6, 6.07) is 0.695. The molecule has 0 aliphatic heterocycles. The van der Waals surface area contributed by atoms with Crippen molar-refractivity contribution in [2.75, 3.05) is 6.54 Å². The fourth-order valence-electron chi connectivity index (χ4n) is 5.56. The van der Waals surface area contributed by atoms with E-state index in [0.29, 0.717) is 6.04 Å². The standard InChI is InChI=1S/C17H27N/c1-3-5-6-16(18-4-2)17-14-8-12-7-13(10-14)11-15(17)9-12/h1,12-18H,4-11H2,2H3. The van der Waals surface area contributed by atoms with Gasteiger partial charge in [0.25, 0.3) is 0 Å². The van der Waals surface area contributed by atoms with Gasteiger partial charge >= 0.3 is 0 Å². The molecule has 4 saturated carbocycles. The van der Waals surface area contributed by atoms with Crippen molar-refractivity contribution < 1.29 is 0 Å². The number of terminal acetylenes is 1. The van der Waals surface area contributed by atoms with Crippen LogP contribution in [0.3, 0.4) is 0 Å². The van der Waals surface area contributed by atoms with Crippen molar-refractivity contribution >= 4 is 0 Å². The summed E-state index contributed by atoms with van der Waals surface area (Å²) in [6.45, 7) is 3.33. The molecule has 0 amide bonds. The number of nitrogens with one attached hydrogen (secondary N) is 1. The maximum absolute atomic E-state index is 5.47. The molecule has 18 heavy (non-hydrogen) atoms. The highest BCUT2D eigenvalue weighted by Crippen LogP contribution is 2.57. The van der Waals surface area contributed by atoms with E-state index in [9.17, 15) is 0 Å². The fraction of sp³-hybridized carbons (Fsp3) is 0.882. The normalized spacial score (nSPS) is 42.8. The van der Waals surface area contributed by atoms with Crippen molar-refractivity contribution in [3.8, 4) is 12.3 Å². The Balaban J connectivity index is 1.71. The van der Waals surface area contributed by atoms with Gasteiger partial charge in [-0.15, -0.1) is 12.3 Å². The topological polar surface area (TPSA) is 12.0 Å². The molecule has 100 valence electrons. The van der Waals surface area contributed by atoms with Crippen LogP contribution in [0.15, 0.2) is 0 Å². The van der Waals surface area contributed by atoms with Gasteiger partial charge in [-0.1, -0.05) is 6.92 Å². The van der Waals surface area contributed by atoms with E-state index in [0.717, 1.165) is 42.6 Å². The van der Waals surface area contributed by atoms with Gasteiger partial charge < -0.3 is 5.32 Å². The Bertz CT molecular complexity index is 299. The Morgan fingerprint density at radius 3 is 2.22 bits per heavy atom. The number of hydrogen-bond donors (Lipinski definition) is 1. The first-order chi connectivity index (χ1) is 8.81. The Morgan fingerprint density at radius 1 is 1.11 bits per heavy atom. The zero-order valence-corrected chi connectivity index (χ0v) is 11.7. The van der Waals surface area contributed by atoms with E-state index in [2.05, 4.69) is 18.2 Å². The monoisotopic (exact) mass is 245 g/mol. The largest absolute Gasteiger partial charge is 0.314 e. The van der Waals surface area contributed by atoms with E-state index in [1.807, 2.05) is 0 Å². The van der Waals surface area contributed by atoms with Gasteiger partial charge in [-0.05, 0) is 74.7 Å². The highest BCUT2D eigenvalue weighted by Gasteiger charge is 2.50. The third-order valence-electron chi connectivity index (χ3n) is 5.83. The molecule has 1 N–H and O–H groups in total. The smallest absolute Gasteiger partial charge is 0.0110 e. The highest BCUT2D eigenvalue weighted by molar-refractivity contribution is 5.02. The summed E-state index contributed by atoms with van der Waals surface area (Å²) in [6.07, 6.45) is 15.3. The SMILES string of the molecule is C#CCCC(NCC)C1C2CC3CC(C2)CC1C3. The Kier molecular flexibility index (Phi) is 3.66. The molecule has 0 aromatic heterocycles. The van der Waals surface area contributed by atoms with Crippen molar-refractivity contribution in [1.29, 1.82) is 0 Å². The predicted octanol–water partition coefficient (Wildman–Crippen LogP) is 3.45. The van der Waals surface area contributed by atoms with Crippen molar-refractivity contribution in [3.05, 3.63) is 0 Å². The van der Waals surface area contributed by atoms with Crippen molar-refractivity contribution in [2.24, 2.45) is 29.6 Å². The minimum atomic E-state index is 0.695. The van der Waals surface area contributed by atoms with Gasteiger partial charge in [0.05, 0.1) is 0 Å². The summed E-state index contributed by atoms with van der Waals surface area (Å²) in [5.74, 6) is 7.97. The fourth-order valence-corrected chi connectivity index (χ4v) is 5.56. The second-order valence-electron chi connectivity index (χ2n) is 6.92. The zero-order valence-electron chi connectivity index (χ0n) is 11.7. The molecule has 0 spiro atoms. The van der Waals surface area contributed by atoms with Crippen molar-refractivity contribution in [3.63, 3.8) is 0 Å². The molecule has 1 nitrogen and oxygen atoms in total. The molecule has 0 aromatic carbocycles. The molecule has 0 aromatic rings. The van der Waals surface area contributed by atoms with Crippen LogP contribution >= 0.6 is 0 Å². The lowest BCUT2D eigenvalue weighted by molar-refractivity contribution is -0.0524. The lowest BCUT2D eigenvalue weighted by atomic mass is 9.50. The summed E-state index contributed by atoms with van der Waals surface area (Å²) < 4.78 is 0. The molecular weight excluding hydrogens is 218 g/mol. The van der Waals surface area contributed by atoms with Gasteiger partial charge in [-0.2, -0.15) is 0 Å². The van der Waals surface area contributed by atoms with Crippen LogP contribution in [-0.4, -0.2) is 12.6 Å². The molecule has 4 fully saturated rings. The summed E-state index contributed by atoms with van der Waals surface area (Å²) >= 11 is 0. The predicted molar refractivity (Wildman–Crippen MR) is 76.1 cm³/mol. The van der Waals surface area contributed by atoms with Crippen LogP contribution in [-0.2, 0) is 0 Å². The van der Waals surface area contributed by atoms with Gasteiger partial charge in [0.1, 0.15) is 0 Å². The first-order valence-corrected chi connectivity index (χ1v) is 7.98. The van der Waals surface area contributed by atoms with E-state index in [-0.39, 0.29) is 0 Å². The second-order valence-corrected chi connectivity index (χ2v) is 6.92. The Hall–Kier alpha value is -0.480.